The van der Waals surface area contributed by atoms with Crippen molar-refractivity contribution in [1.29, 1.82) is 0 Å². The van der Waals surface area contributed by atoms with Gasteiger partial charge in [0.25, 0.3) is 0 Å². The molecule has 2 aromatic rings. The highest BCUT2D eigenvalue weighted by Crippen LogP contribution is 2.22. The summed E-state index contributed by atoms with van der Waals surface area (Å²) in [6.45, 7) is 3.90. The number of hydrogen-bond donors (Lipinski definition) is 1. The van der Waals surface area contributed by atoms with Gasteiger partial charge in [0.15, 0.2) is 0 Å². The molecule has 0 saturated carbocycles. The van der Waals surface area contributed by atoms with Crippen LogP contribution in [0.4, 0.5) is 0 Å². The lowest BCUT2D eigenvalue weighted by molar-refractivity contribution is 0.482. The first-order valence-corrected chi connectivity index (χ1v) is 8.85. The molecule has 0 unspecified atom stereocenters. The standard InChI is InChI=1S/C17H21NO3S/c1-3-7-14(2)18-22(19,20)17-12-10-16(11-13-17)21-15-8-5-4-6-9-15/h4-6,8-14,18H,3,7H2,1-2H3/t14-/m1/s1. The molecule has 22 heavy (non-hydrogen) atoms. The Labute approximate surface area is 132 Å². The largest absolute Gasteiger partial charge is 0.457 e. The summed E-state index contributed by atoms with van der Waals surface area (Å²) in [5.41, 5.74) is 0. The van der Waals surface area contributed by atoms with E-state index in [9.17, 15) is 8.42 Å². The van der Waals surface area contributed by atoms with E-state index >= 15 is 0 Å². The van der Waals surface area contributed by atoms with E-state index in [0.29, 0.717) is 11.5 Å². The molecule has 0 aliphatic heterocycles. The molecule has 1 N–H and O–H groups in total. The summed E-state index contributed by atoms with van der Waals surface area (Å²) in [6.07, 6.45) is 1.75. The third kappa shape index (κ3) is 4.58. The molecule has 0 fully saturated rings. The second kappa shape index (κ2) is 7.42. The van der Waals surface area contributed by atoms with E-state index in [1.807, 2.05) is 44.2 Å². The normalized spacial score (nSPS) is 12.8. The molecule has 0 heterocycles. The van der Waals surface area contributed by atoms with E-state index in [1.165, 1.54) is 0 Å². The van der Waals surface area contributed by atoms with E-state index in [-0.39, 0.29) is 10.9 Å². The van der Waals surface area contributed by atoms with Gasteiger partial charge in [-0.3, -0.25) is 0 Å². The zero-order valence-corrected chi connectivity index (χ0v) is 13.6. The third-order valence-corrected chi connectivity index (χ3v) is 4.80. The van der Waals surface area contributed by atoms with Crippen molar-refractivity contribution < 1.29 is 13.2 Å². The molecule has 2 aromatic carbocycles. The monoisotopic (exact) mass is 319 g/mol. The second-order valence-electron chi connectivity index (χ2n) is 5.20. The van der Waals surface area contributed by atoms with Gasteiger partial charge in [0, 0.05) is 6.04 Å². The maximum Gasteiger partial charge on any atom is 0.240 e. The maximum atomic E-state index is 12.2. The lowest BCUT2D eigenvalue weighted by Gasteiger charge is -2.13. The van der Waals surface area contributed by atoms with E-state index in [2.05, 4.69) is 4.72 Å². The molecule has 5 heteroatoms. The molecule has 2 rings (SSSR count). The number of sulfonamides is 1. The predicted molar refractivity (Wildman–Crippen MR) is 87.6 cm³/mol. The molecule has 0 radical (unpaired) electrons. The highest BCUT2D eigenvalue weighted by molar-refractivity contribution is 7.89. The van der Waals surface area contributed by atoms with Gasteiger partial charge in [-0.2, -0.15) is 0 Å². The smallest absolute Gasteiger partial charge is 0.240 e. The van der Waals surface area contributed by atoms with Gasteiger partial charge in [-0.1, -0.05) is 31.5 Å². The first kappa shape index (κ1) is 16.5. The first-order valence-electron chi connectivity index (χ1n) is 7.36. The van der Waals surface area contributed by atoms with Crippen molar-refractivity contribution in [3.63, 3.8) is 0 Å². The molecule has 4 nitrogen and oxygen atoms in total. The third-order valence-electron chi connectivity index (χ3n) is 3.19. The number of hydrogen-bond acceptors (Lipinski definition) is 3. The molecule has 0 amide bonds. The van der Waals surface area contributed by atoms with Gasteiger partial charge >= 0.3 is 0 Å². The van der Waals surface area contributed by atoms with E-state index in [4.69, 9.17) is 4.74 Å². The van der Waals surface area contributed by atoms with Crippen molar-refractivity contribution in [2.75, 3.05) is 0 Å². The van der Waals surface area contributed by atoms with Crippen molar-refractivity contribution in [3.8, 4) is 11.5 Å². The maximum absolute atomic E-state index is 12.2. The molecule has 0 saturated heterocycles. The Hall–Kier alpha value is -1.85. The van der Waals surface area contributed by atoms with Crippen LogP contribution in [-0.2, 0) is 10.0 Å². The lowest BCUT2D eigenvalue weighted by Crippen LogP contribution is -2.32. The number of ether oxygens (including phenoxy) is 1. The van der Waals surface area contributed by atoms with Gasteiger partial charge in [-0.05, 0) is 49.7 Å². The van der Waals surface area contributed by atoms with Crippen LogP contribution in [-0.4, -0.2) is 14.5 Å². The predicted octanol–water partition coefficient (Wildman–Crippen LogP) is 3.95. The summed E-state index contributed by atoms with van der Waals surface area (Å²) < 4.78 is 32.8. The van der Waals surface area contributed by atoms with E-state index in [0.717, 1.165) is 12.8 Å². The molecule has 0 aliphatic rings. The molecule has 0 aromatic heterocycles. The molecule has 0 spiro atoms. The number of benzene rings is 2. The van der Waals surface area contributed by atoms with Crippen LogP contribution in [0.1, 0.15) is 26.7 Å². The Morgan fingerprint density at radius 1 is 1.00 bits per heavy atom. The minimum absolute atomic E-state index is 0.0738. The fourth-order valence-corrected chi connectivity index (χ4v) is 3.41. The van der Waals surface area contributed by atoms with Crippen LogP contribution < -0.4 is 9.46 Å². The molecule has 0 aliphatic carbocycles. The van der Waals surface area contributed by atoms with Crippen LogP contribution in [0.25, 0.3) is 0 Å². The summed E-state index contributed by atoms with van der Waals surface area (Å²) >= 11 is 0. The zero-order chi connectivity index (χ0) is 16.0. The van der Waals surface area contributed by atoms with Crippen molar-refractivity contribution in [3.05, 3.63) is 54.6 Å². The molecule has 118 valence electrons. The van der Waals surface area contributed by atoms with Gasteiger partial charge in [-0.15, -0.1) is 0 Å². The minimum atomic E-state index is -3.48. The number of nitrogens with one attached hydrogen (secondary N) is 1. The highest BCUT2D eigenvalue weighted by atomic mass is 32.2. The molecule has 0 bridgehead atoms. The topological polar surface area (TPSA) is 55.4 Å². The van der Waals surface area contributed by atoms with Crippen LogP contribution in [0.2, 0.25) is 0 Å². The van der Waals surface area contributed by atoms with Crippen LogP contribution in [0.3, 0.4) is 0 Å². The molecular formula is C17H21NO3S. The van der Waals surface area contributed by atoms with Crippen molar-refractivity contribution in [2.24, 2.45) is 0 Å². The van der Waals surface area contributed by atoms with Gasteiger partial charge in [0.1, 0.15) is 11.5 Å². The van der Waals surface area contributed by atoms with E-state index in [1.54, 1.807) is 24.3 Å². The highest BCUT2D eigenvalue weighted by Gasteiger charge is 2.16. The fraction of sp³-hybridized carbons (Fsp3) is 0.294. The van der Waals surface area contributed by atoms with Crippen molar-refractivity contribution in [2.45, 2.75) is 37.6 Å². The fourth-order valence-electron chi connectivity index (χ4n) is 2.14. The van der Waals surface area contributed by atoms with Crippen LogP contribution in [0.5, 0.6) is 11.5 Å². The average Bonchev–Trinajstić information content (AvgIpc) is 2.48. The number of para-hydroxylation sites is 1. The Kier molecular flexibility index (Phi) is 5.57. The van der Waals surface area contributed by atoms with Crippen molar-refractivity contribution in [1.82, 2.24) is 4.72 Å². The Morgan fingerprint density at radius 2 is 1.59 bits per heavy atom. The summed E-state index contributed by atoms with van der Waals surface area (Å²) in [5, 5.41) is 0. The van der Waals surface area contributed by atoms with Gasteiger partial charge in [0.2, 0.25) is 10.0 Å². The van der Waals surface area contributed by atoms with E-state index < -0.39 is 10.0 Å². The lowest BCUT2D eigenvalue weighted by atomic mass is 10.2. The van der Waals surface area contributed by atoms with Crippen molar-refractivity contribution >= 4 is 10.0 Å². The Balaban J connectivity index is 2.08. The quantitative estimate of drug-likeness (QED) is 0.841. The summed E-state index contributed by atoms with van der Waals surface area (Å²) in [4.78, 5) is 0.246. The molecule has 1 atom stereocenters. The SMILES string of the molecule is CCC[C@@H](C)NS(=O)(=O)c1ccc(Oc2ccccc2)cc1. The Bertz CT molecular complexity index is 682. The van der Waals surface area contributed by atoms with Crippen LogP contribution in [0, 0.1) is 0 Å². The zero-order valence-electron chi connectivity index (χ0n) is 12.8. The second-order valence-corrected chi connectivity index (χ2v) is 6.91. The van der Waals surface area contributed by atoms with Gasteiger partial charge in [0.05, 0.1) is 4.90 Å². The molecular weight excluding hydrogens is 298 g/mol. The summed E-state index contributed by atoms with van der Waals surface area (Å²) in [6, 6.07) is 15.7. The minimum Gasteiger partial charge on any atom is -0.457 e. The van der Waals surface area contributed by atoms with Crippen LogP contribution >= 0.6 is 0 Å². The average molecular weight is 319 g/mol. The first-order chi connectivity index (χ1) is 10.5. The summed E-state index contributed by atoms with van der Waals surface area (Å²) in [7, 11) is -3.48. The number of rotatable bonds is 7. The Morgan fingerprint density at radius 3 is 2.18 bits per heavy atom. The van der Waals surface area contributed by atoms with Crippen LogP contribution in [0.15, 0.2) is 59.5 Å². The summed E-state index contributed by atoms with van der Waals surface area (Å²) in [5.74, 6) is 1.32. The van der Waals surface area contributed by atoms with Gasteiger partial charge < -0.3 is 4.74 Å². The van der Waals surface area contributed by atoms with Gasteiger partial charge in [-0.25, -0.2) is 13.1 Å².